The van der Waals surface area contributed by atoms with E-state index in [1.54, 1.807) is 25.5 Å². The summed E-state index contributed by atoms with van der Waals surface area (Å²) in [5, 5.41) is 3.05. The molecule has 0 spiro atoms. The number of aliphatic imine (C=N–C) groups is 1. The van der Waals surface area contributed by atoms with Crippen LogP contribution < -0.4 is 5.32 Å². The molecule has 0 fully saturated rings. The summed E-state index contributed by atoms with van der Waals surface area (Å²) in [4.78, 5) is 27.2. The standard InChI is InChI=1S/C13H16N2O3/c1-2-18-12(16)5-3-4-11-13(17)10-8-14-6-9(10)7-15-11/h6-8,11,15H,2-5H2,1H3. The second kappa shape index (κ2) is 5.62. The van der Waals surface area contributed by atoms with Gasteiger partial charge >= 0.3 is 5.97 Å². The number of nitrogens with one attached hydrogen (secondary N) is 1. The molecule has 5 nitrogen and oxygen atoms in total. The van der Waals surface area contributed by atoms with Gasteiger partial charge in [-0.2, -0.15) is 0 Å². The highest BCUT2D eigenvalue weighted by Gasteiger charge is 2.28. The highest BCUT2D eigenvalue weighted by atomic mass is 16.5. The summed E-state index contributed by atoms with van der Waals surface area (Å²) in [6, 6.07) is -0.254. The molecule has 0 amide bonds. The van der Waals surface area contributed by atoms with Crippen molar-refractivity contribution in [1.82, 2.24) is 5.32 Å². The topological polar surface area (TPSA) is 67.8 Å². The lowest BCUT2D eigenvalue weighted by Crippen LogP contribution is -2.38. The Morgan fingerprint density at radius 1 is 1.56 bits per heavy atom. The molecular formula is C13H16N2O3. The smallest absolute Gasteiger partial charge is 0.305 e. The molecule has 0 radical (unpaired) electrons. The number of ketones is 1. The quantitative estimate of drug-likeness (QED) is 0.740. The van der Waals surface area contributed by atoms with Crippen molar-refractivity contribution in [3.63, 3.8) is 0 Å². The molecule has 5 heteroatoms. The molecule has 2 aliphatic rings. The number of allylic oxidation sites excluding steroid dienone is 1. The van der Waals surface area contributed by atoms with E-state index in [1.807, 2.05) is 0 Å². The van der Waals surface area contributed by atoms with E-state index < -0.39 is 0 Å². The van der Waals surface area contributed by atoms with Gasteiger partial charge in [-0.15, -0.1) is 0 Å². The number of rotatable bonds is 5. The summed E-state index contributed by atoms with van der Waals surface area (Å²) < 4.78 is 4.84. The maximum Gasteiger partial charge on any atom is 0.305 e. The Morgan fingerprint density at radius 3 is 3.17 bits per heavy atom. The zero-order valence-electron chi connectivity index (χ0n) is 10.3. The Hall–Kier alpha value is -1.91. The number of hydrogen-bond acceptors (Lipinski definition) is 5. The molecule has 0 aromatic carbocycles. The number of esters is 1. The Bertz CT molecular complexity index is 449. The molecule has 1 N–H and O–H groups in total. The first-order chi connectivity index (χ1) is 8.72. The average molecular weight is 248 g/mol. The average Bonchev–Trinajstić information content (AvgIpc) is 2.81. The number of Topliss-reactive ketones (excluding diaryl/α,β-unsaturated/α-hetero) is 1. The predicted octanol–water partition coefficient (Wildman–Crippen LogP) is 1.11. The van der Waals surface area contributed by atoms with Crippen LogP contribution in [-0.4, -0.2) is 30.6 Å². The summed E-state index contributed by atoms with van der Waals surface area (Å²) in [5.74, 6) is -0.158. The minimum absolute atomic E-state index is 0.0499. The molecule has 0 aromatic heterocycles. The van der Waals surface area contributed by atoms with Gasteiger partial charge in [0, 0.05) is 36.2 Å². The Balaban J connectivity index is 1.82. The van der Waals surface area contributed by atoms with Crippen LogP contribution in [-0.2, 0) is 14.3 Å². The van der Waals surface area contributed by atoms with Crippen LogP contribution in [0, 0.1) is 0 Å². The highest BCUT2D eigenvalue weighted by molar-refractivity contribution is 6.12. The van der Waals surface area contributed by atoms with Gasteiger partial charge in [0.25, 0.3) is 0 Å². The lowest BCUT2D eigenvalue weighted by Gasteiger charge is -2.21. The maximum absolute atomic E-state index is 12.0. The lowest BCUT2D eigenvalue weighted by atomic mass is 9.93. The fraction of sp³-hybridized carbons (Fsp3) is 0.462. The molecule has 0 saturated heterocycles. The molecule has 1 atom stereocenters. The van der Waals surface area contributed by atoms with Crippen molar-refractivity contribution in [1.29, 1.82) is 0 Å². The Kier molecular flexibility index (Phi) is 3.92. The van der Waals surface area contributed by atoms with Crippen LogP contribution in [0.3, 0.4) is 0 Å². The summed E-state index contributed by atoms with van der Waals surface area (Å²) in [5.41, 5.74) is 1.50. The largest absolute Gasteiger partial charge is 0.466 e. The first-order valence-corrected chi connectivity index (χ1v) is 6.12. The minimum Gasteiger partial charge on any atom is -0.466 e. The SMILES string of the molecule is CCOC(=O)CCCC1NC=C2C=NC=C2C1=O. The van der Waals surface area contributed by atoms with Crippen LogP contribution in [0.5, 0.6) is 0 Å². The van der Waals surface area contributed by atoms with Gasteiger partial charge in [0.15, 0.2) is 5.78 Å². The molecule has 2 heterocycles. The zero-order valence-corrected chi connectivity index (χ0v) is 10.3. The Morgan fingerprint density at radius 2 is 2.39 bits per heavy atom. The number of ether oxygens (including phenoxy) is 1. The molecule has 96 valence electrons. The van der Waals surface area contributed by atoms with Gasteiger partial charge in [-0.3, -0.25) is 14.6 Å². The van der Waals surface area contributed by atoms with E-state index in [-0.39, 0.29) is 17.8 Å². The lowest BCUT2D eigenvalue weighted by molar-refractivity contribution is -0.143. The van der Waals surface area contributed by atoms with Crippen LogP contribution in [0.25, 0.3) is 0 Å². The number of carbonyl (C=O) groups is 2. The van der Waals surface area contributed by atoms with Crippen molar-refractivity contribution in [3.05, 3.63) is 23.5 Å². The van der Waals surface area contributed by atoms with Crippen LogP contribution in [0.1, 0.15) is 26.2 Å². The highest BCUT2D eigenvalue weighted by Crippen LogP contribution is 2.22. The van der Waals surface area contributed by atoms with Gasteiger partial charge in [0.2, 0.25) is 0 Å². The third-order valence-corrected chi connectivity index (χ3v) is 2.93. The molecule has 2 aliphatic heterocycles. The van der Waals surface area contributed by atoms with E-state index in [0.29, 0.717) is 31.4 Å². The summed E-state index contributed by atoms with van der Waals surface area (Å²) in [7, 11) is 0. The summed E-state index contributed by atoms with van der Waals surface area (Å²) in [6.07, 6.45) is 6.67. The minimum atomic E-state index is -0.254. The normalized spacial score (nSPS) is 20.9. The molecule has 1 unspecified atom stereocenters. The number of hydrogen-bond donors (Lipinski definition) is 1. The van der Waals surface area contributed by atoms with E-state index in [1.165, 1.54) is 0 Å². The van der Waals surface area contributed by atoms with Crippen molar-refractivity contribution >= 4 is 18.0 Å². The molecule has 0 bridgehead atoms. The summed E-state index contributed by atoms with van der Waals surface area (Å²) >= 11 is 0. The maximum atomic E-state index is 12.0. The van der Waals surface area contributed by atoms with Crippen LogP contribution >= 0.6 is 0 Å². The van der Waals surface area contributed by atoms with Crippen molar-refractivity contribution in [2.24, 2.45) is 4.99 Å². The van der Waals surface area contributed by atoms with Gasteiger partial charge in [-0.25, -0.2) is 0 Å². The molecule has 0 aromatic rings. The van der Waals surface area contributed by atoms with E-state index in [0.717, 1.165) is 5.57 Å². The third-order valence-electron chi connectivity index (χ3n) is 2.93. The third kappa shape index (κ3) is 2.67. The number of carbonyl (C=O) groups excluding carboxylic acids is 2. The predicted molar refractivity (Wildman–Crippen MR) is 67.1 cm³/mol. The van der Waals surface area contributed by atoms with Crippen molar-refractivity contribution in [2.45, 2.75) is 32.2 Å². The molecule has 2 rings (SSSR count). The van der Waals surface area contributed by atoms with Crippen molar-refractivity contribution in [3.8, 4) is 0 Å². The van der Waals surface area contributed by atoms with E-state index in [9.17, 15) is 9.59 Å². The zero-order chi connectivity index (χ0) is 13.0. The van der Waals surface area contributed by atoms with Gasteiger partial charge in [-0.05, 0) is 19.8 Å². The van der Waals surface area contributed by atoms with E-state index >= 15 is 0 Å². The Labute approximate surface area is 106 Å². The van der Waals surface area contributed by atoms with E-state index in [2.05, 4.69) is 10.3 Å². The first-order valence-electron chi connectivity index (χ1n) is 6.12. The van der Waals surface area contributed by atoms with Crippen molar-refractivity contribution in [2.75, 3.05) is 6.61 Å². The van der Waals surface area contributed by atoms with Gasteiger partial charge in [-0.1, -0.05) is 0 Å². The van der Waals surface area contributed by atoms with Crippen LogP contribution in [0.2, 0.25) is 0 Å². The van der Waals surface area contributed by atoms with Crippen LogP contribution in [0.4, 0.5) is 0 Å². The van der Waals surface area contributed by atoms with Gasteiger partial charge in [0.1, 0.15) is 0 Å². The van der Waals surface area contributed by atoms with Crippen molar-refractivity contribution < 1.29 is 14.3 Å². The monoisotopic (exact) mass is 248 g/mol. The fourth-order valence-corrected chi connectivity index (χ4v) is 2.01. The molecular weight excluding hydrogens is 232 g/mol. The van der Waals surface area contributed by atoms with Crippen LogP contribution in [0.15, 0.2) is 28.5 Å². The van der Waals surface area contributed by atoms with E-state index in [4.69, 9.17) is 4.74 Å². The number of nitrogens with zero attached hydrogens (tertiary/aromatic N) is 1. The van der Waals surface area contributed by atoms with Gasteiger partial charge < -0.3 is 10.1 Å². The fourth-order valence-electron chi connectivity index (χ4n) is 2.01. The second-order valence-corrected chi connectivity index (χ2v) is 4.20. The summed E-state index contributed by atoms with van der Waals surface area (Å²) in [6.45, 7) is 2.18. The van der Waals surface area contributed by atoms with Gasteiger partial charge in [0.05, 0.1) is 12.6 Å². The molecule has 0 saturated carbocycles. The second-order valence-electron chi connectivity index (χ2n) is 4.20. The first kappa shape index (κ1) is 12.5. The number of fused-ring (bicyclic) bond motifs is 1. The molecule has 0 aliphatic carbocycles. The molecule has 18 heavy (non-hydrogen) atoms.